The Morgan fingerprint density at radius 2 is 1.52 bits per heavy atom. The normalized spacial score (nSPS) is 12.5. The summed E-state index contributed by atoms with van der Waals surface area (Å²) in [4.78, 5) is 73.6. The van der Waals surface area contributed by atoms with E-state index >= 15 is 0 Å². The van der Waals surface area contributed by atoms with Gasteiger partial charge in [-0.2, -0.15) is 0 Å². The Balaban J connectivity index is 1.54. The van der Waals surface area contributed by atoms with Crippen LogP contribution in [0, 0.1) is 12.3 Å². The topological polar surface area (TPSA) is 162 Å². The number of H-pyrrole nitrogens is 1. The number of ketones is 1. The van der Waals surface area contributed by atoms with Crippen LogP contribution in [0.1, 0.15) is 54.2 Å². The fourth-order valence-corrected chi connectivity index (χ4v) is 4.79. The summed E-state index contributed by atoms with van der Waals surface area (Å²) in [6, 6.07) is 15.6. The molecule has 0 saturated heterocycles. The number of benzene rings is 2. The smallest absolute Gasteiger partial charge is 0.293 e. The first-order valence-corrected chi connectivity index (χ1v) is 15.1. The fourth-order valence-electron chi connectivity index (χ4n) is 4.79. The molecule has 0 bridgehead atoms. The largest absolute Gasteiger partial charge is 0.360 e. The number of hydrogen-bond donors (Lipinski definition) is 5. The maximum Gasteiger partial charge on any atom is 0.293 e. The lowest BCUT2D eigenvalue weighted by atomic mass is 9.97. The Morgan fingerprint density at radius 3 is 2.24 bits per heavy atom. The Kier molecular flexibility index (Phi) is 11.0. The maximum atomic E-state index is 13.8. The summed E-state index contributed by atoms with van der Waals surface area (Å²) in [6.07, 6.45) is 4.28. The van der Waals surface area contributed by atoms with Gasteiger partial charge in [0.1, 0.15) is 12.1 Å². The maximum absolute atomic E-state index is 13.8. The predicted octanol–water partition coefficient (Wildman–Crippen LogP) is 3.14. The van der Waals surface area contributed by atoms with Gasteiger partial charge in [-0.3, -0.25) is 29.0 Å². The molecule has 46 heavy (non-hydrogen) atoms. The van der Waals surface area contributed by atoms with E-state index in [2.05, 4.69) is 31.2 Å². The van der Waals surface area contributed by atoms with Crippen LogP contribution < -0.4 is 21.3 Å². The van der Waals surface area contributed by atoms with E-state index in [0.29, 0.717) is 17.4 Å². The minimum absolute atomic E-state index is 0.124. The molecule has 2 heterocycles. The van der Waals surface area contributed by atoms with Gasteiger partial charge in [0.15, 0.2) is 0 Å². The Morgan fingerprint density at radius 1 is 0.826 bits per heavy atom. The van der Waals surface area contributed by atoms with Gasteiger partial charge in [0.2, 0.25) is 17.7 Å². The standard InChI is InChI=1S/C35H40N6O5/c1-22-9-5-6-10-24(22)19-38-32(44)28(17-23-13-15-36-16-14-23)40-33(45)29(18-30(42)39-21-35(2,3)4)41-34(46)31(43)26-20-37-27-12-8-7-11-25(26)27/h5-16,20,28-29,37H,17-19,21H2,1-4H3,(H,38,44)(H,39,42)(H,40,45)(H,41,46)/t28-,29-/m0/s1. The van der Waals surface area contributed by atoms with Crippen molar-refractivity contribution in [3.63, 3.8) is 0 Å². The molecular formula is C35H40N6O5. The summed E-state index contributed by atoms with van der Waals surface area (Å²) < 4.78 is 0. The monoisotopic (exact) mass is 624 g/mol. The van der Waals surface area contributed by atoms with E-state index in [1.165, 1.54) is 6.20 Å². The van der Waals surface area contributed by atoms with Crippen molar-refractivity contribution in [2.75, 3.05) is 6.54 Å². The third-order valence-electron chi connectivity index (χ3n) is 7.40. The Labute approximate surface area is 268 Å². The molecule has 11 nitrogen and oxygen atoms in total. The van der Waals surface area contributed by atoms with Crippen molar-refractivity contribution in [3.05, 3.63) is 102 Å². The number of amides is 4. The Hall–Kier alpha value is -5.32. The number of carbonyl (C=O) groups excluding carboxylic acids is 5. The van der Waals surface area contributed by atoms with Crippen LogP contribution in [0.25, 0.3) is 10.9 Å². The molecule has 4 aromatic rings. The Bertz CT molecular complexity index is 1710. The minimum atomic E-state index is -1.44. The average Bonchev–Trinajstić information content (AvgIpc) is 3.46. The second-order valence-corrected chi connectivity index (χ2v) is 12.4. The van der Waals surface area contributed by atoms with Gasteiger partial charge in [-0.05, 0) is 47.2 Å². The zero-order valence-electron chi connectivity index (χ0n) is 26.5. The number of aromatic amines is 1. The van der Waals surface area contributed by atoms with Gasteiger partial charge in [-0.1, -0.05) is 63.2 Å². The molecule has 0 saturated carbocycles. The lowest BCUT2D eigenvalue weighted by Crippen LogP contribution is -2.56. The number of nitrogens with zero attached hydrogens (tertiary/aromatic N) is 1. The quantitative estimate of drug-likeness (QED) is 0.113. The van der Waals surface area contributed by atoms with Crippen LogP contribution in [0.3, 0.4) is 0 Å². The third-order valence-corrected chi connectivity index (χ3v) is 7.40. The molecule has 0 spiro atoms. The number of aromatic nitrogens is 2. The van der Waals surface area contributed by atoms with E-state index < -0.39 is 47.9 Å². The molecule has 11 heteroatoms. The number of nitrogens with one attached hydrogen (secondary N) is 5. The summed E-state index contributed by atoms with van der Waals surface area (Å²) in [7, 11) is 0. The van der Waals surface area contributed by atoms with Crippen LogP contribution in [-0.2, 0) is 32.1 Å². The van der Waals surface area contributed by atoms with Crippen LogP contribution >= 0.6 is 0 Å². The van der Waals surface area contributed by atoms with Crippen molar-refractivity contribution in [1.29, 1.82) is 0 Å². The molecule has 240 valence electrons. The number of carbonyl (C=O) groups is 5. The van der Waals surface area contributed by atoms with E-state index in [0.717, 1.165) is 16.7 Å². The highest BCUT2D eigenvalue weighted by molar-refractivity contribution is 6.45. The van der Waals surface area contributed by atoms with Crippen LogP contribution in [0.2, 0.25) is 0 Å². The molecule has 4 rings (SSSR count). The molecule has 2 atom stereocenters. The first kappa shape index (κ1) is 33.6. The van der Waals surface area contributed by atoms with Gasteiger partial charge in [-0.15, -0.1) is 0 Å². The zero-order chi connectivity index (χ0) is 33.3. The van der Waals surface area contributed by atoms with E-state index in [-0.39, 0.29) is 23.9 Å². The second kappa shape index (κ2) is 15.1. The van der Waals surface area contributed by atoms with Crippen LogP contribution in [0.5, 0.6) is 0 Å². The fraction of sp³-hybridized carbons (Fsp3) is 0.314. The zero-order valence-corrected chi connectivity index (χ0v) is 26.5. The molecule has 2 aromatic carbocycles. The van der Waals surface area contributed by atoms with Crippen molar-refractivity contribution < 1.29 is 24.0 Å². The number of Topliss-reactive ketones (excluding diaryl/α,β-unsaturated/α-hetero) is 1. The van der Waals surface area contributed by atoms with Crippen molar-refractivity contribution in [2.45, 2.75) is 59.2 Å². The number of fused-ring (bicyclic) bond motifs is 1. The van der Waals surface area contributed by atoms with E-state index in [4.69, 9.17) is 0 Å². The molecule has 0 fully saturated rings. The highest BCUT2D eigenvalue weighted by Crippen LogP contribution is 2.18. The molecule has 0 aliphatic heterocycles. The predicted molar refractivity (Wildman–Crippen MR) is 175 cm³/mol. The van der Waals surface area contributed by atoms with Crippen LogP contribution in [0.15, 0.2) is 79.3 Å². The first-order chi connectivity index (χ1) is 21.9. The van der Waals surface area contributed by atoms with Crippen molar-refractivity contribution in [3.8, 4) is 0 Å². The highest BCUT2D eigenvalue weighted by Gasteiger charge is 2.31. The van der Waals surface area contributed by atoms with Gasteiger partial charge in [0.05, 0.1) is 12.0 Å². The second-order valence-electron chi connectivity index (χ2n) is 12.4. The van der Waals surface area contributed by atoms with Crippen molar-refractivity contribution >= 4 is 40.3 Å². The van der Waals surface area contributed by atoms with E-state index in [1.54, 1.807) is 48.8 Å². The number of para-hydroxylation sites is 1. The third kappa shape index (κ3) is 9.34. The number of pyridine rings is 1. The molecule has 2 aromatic heterocycles. The van der Waals surface area contributed by atoms with Crippen molar-refractivity contribution in [1.82, 2.24) is 31.2 Å². The van der Waals surface area contributed by atoms with Crippen molar-refractivity contribution in [2.24, 2.45) is 5.41 Å². The molecule has 4 amide bonds. The van der Waals surface area contributed by atoms with Gasteiger partial charge in [0, 0.05) is 49.0 Å². The molecular weight excluding hydrogens is 584 g/mol. The van der Waals surface area contributed by atoms with E-state index in [9.17, 15) is 24.0 Å². The molecule has 0 aliphatic carbocycles. The first-order valence-electron chi connectivity index (χ1n) is 15.1. The van der Waals surface area contributed by atoms with Gasteiger partial charge >= 0.3 is 0 Å². The lowest BCUT2D eigenvalue weighted by molar-refractivity contribution is -0.133. The highest BCUT2D eigenvalue weighted by atomic mass is 16.2. The molecule has 5 N–H and O–H groups in total. The number of rotatable bonds is 13. The summed E-state index contributed by atoms with van der Waals surface area (Å²) >= 11 is 0. The van der Waals surface area contributed by atoms with Crippen LogP contribution in [-0.4, -0.2) is 58.0 Å². The van der Waals surface area contributed by atoms with Gasteiger partial charge in [0.25, 0.3) is 11.7 Å². The van der Waals surface area contributed by atoms with E-state index in [1.807, 2.05) is 52.0 Å². The SMILES string of the molecule is Cc1ccccc1CNC(=O)[C@H](Cc1ccncc1)NC(=O)[C@H](CC(=O)NCC(C)(C)C)NC(=O)C(=O)c1c[nH]c2ccccc12. The van der Waals surface area contributed by atoms with Gasteiger partial charge < -0.3 is 26.3 Å². The van der Waals surface area contributed by atoms with Gasteiger partial charge in [-0.25, -0.2) is 0 Å². The summed E-state index contributed by atoms with van der Waals surface area (Å²) in [5.74, 6) is -3.65. The molecule has 0 aliphatic rings. The molecule has 0 radical (unpaired) electrons. The lowest BCUT2D eigenvalue weighted by Gasteiger charge is -2.24. The number of hydrogen-bond acceptors (Lipinski definition) is 6. The summed E-state index contributed by atoms with van der Waals surface area (Å²) in [5.41, 5.74) is 3.24. The number of aryl methyl sites for hydroxylation is 1. The average molecular weight is 625 g/mol. The van der Waals surface area contributed by atoms with Crippen LogP contribution in [0.4, 0.5) is 0 Å². The summed E-state index contributed by atoms with van der Waals surface area (Å²) in [5, 5.41) is 11.4. The summed E-state index contributed by atoms with van der Waals surface area (Å²) in [6.45, 7) is 8.33. The minimum Gasteiger partial charge on any atom is -0.360 e. The molecule has 0 unspecified atom stereocenters.